The zero-order chi connectivity index (χ0) is 15.4. The summed E-state index contributed by atoms with van der Waals surface area (Å²) < 4.78 is 5.02. The summed E-state index contributed by atoms with van der Waals surface area (Å²) >= 11 is 0. The first kappa shape index (κ1) is 15.1. The van der Waals surface area contributed by atoms with Crippen LogP contribution in [-0.4, -0.2) is 36.2 Å². The van der Waals surface area contributed by atoms with Crippen molar-refractivity contribution >= 4 is 17.3 Å². The second kappa shape index (κ2) is 6.43. The number of ether oxygens (including phenoxy) is 1. The lowest BCUT2D eigenvalue weighted by molar-refractivity contribution is -0.384. The number of piperidine rings is 1. The van der Waals surface area contributed by atoms with Gasteiger partial charge in [-0.25, -0.2) is 0 Å². The Labute approximate surface area is 122 Å². The molecule has 1 aromatic rings. The summed E-state index contributed by atoms with van der Waals surface area (Å²) in [6.45, 7) is 1.26. The number of benzene rings is 1. The molecular formula is C14H18N2O5. The average Bonchev–Trinajstić information content (AvgIpc) is 2.47. The lowest BCUT2D eigenvalue weighted by atomic mass is 9.93. The van der Waals surface area contributed by atoms with E-state index in [1.165, 1.54) is 13.2 Å². The van der Waals surface area contributed by atoms with Crippen molar-refractivity contribution in [2.45, 2.75) is 19.3 Å². The maximum absolute atomic E-state index is 11.2. The van der Waals surface area contributed by atoms with E-state index >= 15 is 0 Å². The number of rotatable bonds is 5. The molecule has 0 spiro atoms. The number of hydrogen-bond acceptors (Lipinski definition) is 5. The largest absolute Gasteiger partial charge is 0.496 e. The molecule has 21 heavy (non-hydrogen) atoms. The lowest BCUT2D eigenvalue weighted by Crippen LogP contribution is -2.34. The van der Waals surface area contributed by atoms with Gasteiger partial charge in [0.25, 0.3) is 5.69 Å². The molecule has 1 aromatic carbocycles. The zero-order valence-electron chi connectivity index (χ0n) is 11.8. The van der Waals surface area contributed by atoms with E-state index in [2.05, 4.69) is 0 Å². The van der Waals surface area contributed by atoms with E-state index < -0.39 is 10.9 Å². The fourth-order valence-electron chi connectivity index (χ4n) is 2.67. The second-order valence-electron chi connectivity index (χ2n) is 5.14. The molecule has 2 rings (SSSR count). The number of carbonyl (C=O) groups is 1. The van der Waals surface area contributed by atoms with E-state index in [0.717, 1.165) is 12.8 Å². The molecule has 0 unspecified atom stereocenters. The van der Waals surface area contributed by atoms with E-state index in [1.54, 1.807) is 12.1 Å². The van der Waals surface area contributed by atoms with Crippen molar-refractivity contribution in [3.8, 4) is 5.75 Å². The van der Waals surface area contributed by atoms with Gasteiger partial charge in [0.2, 0.25) is 0 Å². The van der Waals surface area contributed by atoms with Gasteiger partial charge < -0.3 is 14.7 Å². The minimum Gasteiger partial charge on any atom is -0.496 e. The van der Waals surface area contributed by atoms with Crippen LogP contribution in [0.4, 0.5) is 11.4 Å². The topological polar surface area (TPSA) is 92.9 Å². The highest BCUT2D eigenvalue weighted by molar-refractivity contribution is 5.67. The Bertz CT molecular complexity index is 538. The van der Waals surface area contributed by atoms with Crippen molar-refractivity contribution < 1.29 is 19.6 Å². The summed E-state index contributed by atoms with van der Waals surface area (Å²) in [7, 11) is 1.47. The lowest BCUT2D eigenvalue weighted by Gasteiger charge is -2.32. The number of methoxy groups -OCH3 is 1. The Balaban J connectivity index is 2.12. The van der Waals surface area contributed by atoms with Gasteiger partial charge in [-0.1, -0.05) is 0 Å². The highest BCUT2D eigenvalue weighted by atomic mass is 16.6. The molecule has 1 N–H and O–H groups in total. The van der Waals surface area contributed by atoms with Gasteiger partial charge in [0.1, 0.15) is 11.4 Å². The Hall–Kier alpha value is -2.31. The number of hydrogen-bond donors (Lipinski definition) is 1. The highest BCUT2D eigenvalue weighted by Gasteiger charge is 2.26. The van der Waals surface area contributed by atoms with Crippen molar-refractivity contribution in [3.05, 3.63) is 28.3 Å². The molecule has 1 aliphatic rings. The molecule has 0 saturated carbocycles. The first-order valence-electron chi connectivity index (χ1n) is 6.80. The van der Waals surface area contributed by atoms with Gasteiger partial charge in [-0.15, -0.1) is 0 Å². The predicted molar refractivity (Wildman–Crippen MR) is 76.8 cm³/mol. The molecule has 0 bridgehead atoms. The van der Waals surface area contributed by atoms with Crippen LogP contribution in [0.15, 0.2) is 18.2 Å². The first-order chi connectivity index (χ1) is 10.0. The average molecular weight is 294 g/mol. The fourth-order valence-corrected chi connectivity index (χ4v) is 2.67. The molecule has 0 aromatic heterocycles. The van der Waals surface area contributed by atoms with Crippen molar-refractivity contribution in [2.24, 2.45) is 5.92 Å². The molecule has 1 aliphatic heterocycles. The number of nitro benzene ring substituents is 1. The maximum Gasteiger partial charge on any atom is 0.303 e. The molecule has 0 radical (unpaired) electrons. The highest BCUT2D eigenvalue weighted by Crippen LogP contribution is 2.34. The summed E-state index contributed by atoms with van der Waals surface area (Å²) in [6.07, 6.45) is 1.63. The summed E-state index contributed by atoms with van der Waals surface area (Å²) in [5, 5.41) is 20.0. The summed E-state index contributed by atoms with van der Waals surface area (Å²) in [5.41, 5.74) is 0.584. The molecule has 0 atom stereocenters. The number of aliphatic carboxylic acids is 1. The van der Waals surface area contributed by atoms with Gasteiger partial charge in [-0.3, -0.25) is 14.9 Å². The second-order valence-corrected chi connectivity index (χ2v) is 5.14. The third kappa shape index (κ3) is 3.62. The van der Waals surface area contributed by atoms with Crippen LogP contribution >= 0.6 is 0 Å². The van der Waals surface area contributed by atoms with Crippen molar-refractivity contribution in [3.63, 3.8) is 0 Å². The van der Waals surface area contributed by atoms with Crippen LogP contribution in [0.5, 0.6) is 5.75 Å². The Morgan fingerprint density at radius 3 is 2.67 bits per heavy atom. The third-order valence-corrected chi connectivity index (χ3v) is 3.80. The number of anilines is 1. The van der Waals surface area contributed by atoms with Gasteiger partial charge in [0, 0.05) is 19.5 Å². The van der Waals surface area contributed by atoms with E-state index in [4.69, 9.17) is 9.84 Å². The van der Waals surface area contributed by atoms with E-state index in [-0.39, 0.29) is 18.0 Å². The van der Waals surface area contributed by atoms with Crippen LogP contribution in [0.25, 0.3) is 0 Å². The van der Waals surface area contributed by atoms with Crippen LogP contribution in [0.1, 0.15) is 19.3 Å². The van der Waals surface area contributed by atoms with Crippen molar-refractivity contribution in [1.82, 2.24) is 0 Å². The molecular weight excluding hydrogens is 276 g/mol. The normalized spacial score (nSPS) is 15.8. The number of carboxylic acid groups (broad SMARTS) is 1. The van der Waals surface area contributed by atoms with Crippen LogP contribution in [0, 0.1) is 16.0 Å². The minimum absolute atomic E-state index is 0.0195. The number of nitrogens with zero attached hydrogens (tertiary/aromatic N) is 2. The monoisotopic (exact) mass is 294 g/mol. The van der Waals surface area contributed by atoms with Gasteiger partial charge in [-0.2, -0.15) is 0 Å². The van der Waals surface area contributed by atoms with Crippen molar-refractivity contribution in [2.75, 3.05) is 25.1 Å². The van der Waals surface area contributed by atoms with E-state index in [0.29, 0.717) is 24.5 Å². The molecule has 0 aliphatic carbocycles. The molecule has 1 saturated heterocycles. The molecule has 7 nitrogen and oxygen atoms in total. The molecule has 7 heteroatoms. The first-order valence-corrected chi connectivity index (χ1v) is 6.80. The predicted octanol–water partition coefficient (Wildman–Crippen LogP) is 2.29. The zero-order valence-corrected chi connectivity index (χ0v) is 11.8. The SMILES string of the molecule is COc1ccc(N2CCC(CC(=O)O)CC2)c([N+](=O)[O-])c1. The van der Waals surface area contributed by atoms with Crippen LogP contribution in [0.3, 0.4) is 0 Å². The number of nitro groups is 1. The van der Waals surface area contributed by atoms with Crippen LogP contribution < -0.4 is 9.64 Å². The van der Waals surface area contributed by atoms with Crippen LogP contribution in [-0.2, 0) is 4.79 Å². The smallest absolute Gasteiger partial charge is 0.303 e. The van der Waals surface area contributed by atoms with E-state index in [1.807, 2.05) is 4.90 Å². The summed E-state index contributed by atoms with van der Waals surface area (Å²) in [6, 6.07) is 4.80. The van der Waals surface area contributed by atoms with Crippen LogP contribution in [0.2, 0.25) is 0 Å². The standard InChI is InChI=1S/C14H18N2O5/c1-21-11-2-3-12(13(9-11)16(19)20)15-6-4-10(5-7-15)8-14(17)18/h2-3,9-10H,4-8H2,1H3,(H,17,18). The Kier molecular flexibility index (Phi) is 4.62. The van der Waals surface area contributed by atoms with Crippen molar-refractivity contribution in [1.29, 1.82) is 0 Å². The summed E-state index contributed by atoms with van der Waals surface area (Å²) in [4.78, 5) is 23.4. The Morgan fingerprint density at radius 1 is 1.48 bits per heavy atom. The molecule has 1 heterocycles. The van der Waals surface area contributed by atoms with E-state index in [9.17, 15) is 14.9 Å². The Morgan fingerprint density at radius 2 is 2.14 bits per heavy atom. The van der Waals surface area contributed by atoms with Gasteiger partial charge >= 0.3 is 5.97 Å². The molecule has 114 valence electrons. The fraction of sp³-hybridized carbons (Fsp3) is 0.500. The van der Waals surface area contributed by atoms with Gasteiger partial charge in [0.15, 0.2) is 0 Å². The summed E-state index contributed by atoms with van der Waals surface area (Å²) in [5.74, 6) is -0.189. The molecule has 0 amide bonds. The van der Waals surface area contributed by atoms with Gasteiger partial charge in [-0.05, 0) is 30.9 Å². The third-order valence-electron chi connectivity index (χ3n) is 3.80. The van der Waals surface area contributed by atoms with Gasteiger partial charge in [0.05, 0.1) is 18.1 Å². The minimum atomic E-state index is -0.788. The number of carboxylic acids is 1. The quantitative estimate of drug-likeness (QED) is 0.661. The molecule has 1 fully saturated rings. The maximum atomic E-state index is 11.2.